The molecule has 0 atom stereocenters. The fraction of sp³-hybridized carbons (Fsp3) is 0.333. The Labute approximate surface area is 110 Å². The van der Waals surface area contributed by atoms with Crippen molar-refractivity contribution in [3.63, 3.8) is 0 Å². The van der Waals surface area contributed by atoms with Gasteiger partial charge in [-0.25, -0.2) is 14.5 Å². The van der Waals surface area contributed by atoms with Gasteiger partial charge in [-0.05, 0) is 17.9 Å². The SMILES string of the molecule is CCOc1cccc(Cn2c([N+](=O)[O-])cnc2C)n1. The van der Waals surface area contributed by atoms with Gasteiger partial charge in [-0.1, -0.05) is 6.07 Å². The first-order valence-corrected chi connectivity index (χ1v) is 5.87. The molecule has 0 saturated heterocycles. The lowest BCUT2D eigenvalue weighted by molar-refractivity contribution is -0.392. The van der Waals surface area contributed by atoms with Crippen molar-refractivity contribution >= 4 is 5.82 Å². The topological polar surface area (TPSA) is 83.1 Å². The highest BCUT2D eigenvalue weighted by Gasteiger charge is 2.18. The van der Waals surface area contributed by atoms with Crippen molar-refractivity contribution in [2.45, 2.75) is 20.4 Å². The van der Waals surface area contributed by atoms with E-state index in [-0.39, 0.29) is 5.82 Å². The zero-order chi connectivity index (χ0) is 13.8. The summed E-state index contributed by atoms with van der Waals surface area (Å²) in [4.78, 5) is 18.7. The largest absolute Gasteiger partial charge is 0.478 e. The second-order valence-electron chi connectivity index (χ2n) is 3.91. The van der Waals surface area contributed by atoms with Gasteiger partial charge in [0.25, 0.3) is 0 Å². The van der Waals surface area contributed by atoms with Crippen LogP contribution in [0.25, 0.3) is 0 Å². The molecular formula is C12H14N4O3. The quantitative estimate of drug-likeness (QED) is 0.607. The van der Waals surface area contributed by atoms with Gasteiger partial charge in [0.15, 0.2) is 5.82 Å². The molecule has 19 heavy (non-hydrogen) atoms. The average molecular weight is 262 g/mol. The third kappa shape index (κ3) is 2.87. The summed E-state index contributed by atoms with van der Waals surface area (Å²) >= 11 is 0. The van der Waals surface area contributed by atoms with Gasteiger partial charge in [-0.3, -0.25) is 0 Å². The summed E-state index contributed by atoms with van der Waals surface area (Å²) in [5, 5.41) is 10.9. The summed E-state index contributed by atoms with van der Waals surface area (Å²) in [6.45, 7) is 4.42. The van der Waals surface area contributed by atoms with E-state index < -0.39 is 4.92 Å². The molecule has 0 amide bonds. The van der Waals surface area contributed by atoms with Crippen LogP contribution in [0.15, 0.2) is 24.4 Å². The zero-order valence-corrected chi connectivity index (χ0v) is 10.7. The van der Waals surface area contributed by atoms with Gasteiger partial charge in [0.1, 0.15) is 12.7 Å². The molecule has 0 spiro atoms. The second-order valence-corrected chi connectivity index (χ2v) is 3.91. The number of rotatable bonds is 5. The lowest BCUT2D eigenvalue weighted by atomic mass is 10.3. The van der Waals surface area contributed by atoms with Crippen LogP contribution in [0.5, 0.6) is 5.88 Å². The molecule has 2 aromatic heterocycles. The summed E-state index contributed by atoms with van der Waals surface area (Å²) in [6.07, 6.45) is 1.25. The molecule has 7 nitrogen and oxygen atoms in total. The molecule has 7 heteroatoms. The van der Waals surface area contributed by atoms with Crippen molar-refractivity contribution in [1.29, 1.82) is 0 Å². The Kier molecular flexibility index (Phi) is 3.74. The number of hydrogen-bond donors (Lipinski definition) is 0. The van der Waals surface area contributed by atoms with E-state index in [1.165, 1.54) is 10.8 Å². The van der Waals surface area contributed by atoms with Gasteiger partial charge in [0.05, 0.1) is 12.3 Å². The van der Waals surface area contributed by atoms with E-state index in [9.17, 15) is 10.1 Å². The number of nitrogens with zero attached hydrogens (tertiary/aromatic N) is 4. The smallest absolute Gasteiger partial charge is 0.343 e. The first kappa shape index (κ1) is 13.0. The van der Waals surface area contributed by atoms with Crippen molar-refractivity contribution in [3.05, 3.63) is 46.0 Å². The molecule has 0 radical (unpaired) electrons. The van der Waals surface area contributed by atoms with Crippen LogP contribution in [0.2, 0.25) is 0 Å². The molecule has 0 fully saturated rings. The van der Waals surface area contributed by atoms with Gasteiger partial charge >= 0.3 is 5.82 Å². The molecular weight excluding hydrogens is 248 g/mol. The Bertz CT molecular complexity index is 594. The second kappa shape index (κ2) is 5.47. The molecule has 0 saturated carbocycles. The van der Waals surface area contributed by atoms with Crippen molar-refractivity contribution in [3.8, 4) is 5.88 Å². The summed E-state index contributed by atoms with van der Waals surface area (Å²) < 4.78 is 6.82. The van der Waals surface area contributed by atoms with E-state index in [0.717, 1.165) is 0 Å². The molecule has 100 valence electrons. The molecule has 2 rings (SSSR count). The highest BCUT2D eigenvalue weighted by atomic mass is 16.6. The van der Waals surface area contributed by atoms with Crippen LogP contribution in [0, 0.1) is 17.0 Å². The molecule has 0 N–H and O–H groups in total. The van der Waals surface area contributed by atoms with E-state index in [4.69, 9.17) is 4.74 Å². The maximum atomic E-state index is 10.9. The maximum absolute atomic E-state index is 10.9. The first-order valence-electron chi connectivity index (χ1n) is 5.87. The molecule has 2 heterocycles. The van der Waals surface area contributed by atoms with Gasteiger partial charge < -0.3 is 14.9 Å². The number of hydrogen-bond acceptors (Lipinski definition) is 5. The normalized spacial score (nSPS) is 10.4. The Balaban J connectivity index is 2.28. The number of aromatic nitrogens is 3. The Morgan fingerprint density at radius 3 is 2.95 bits per heavy atom. The monoisotopic (exact) mass is 262 g/mol. The van der Waals surface area contributed by atoms with Crippen molar-refractivity contribution < 1.29 is 9.66 Å². The van der Waals surface area contributed by atoms with Gasteiger partial charge in [-0.2, -0.15) is 0 Å². The highest BCUT2D eigenvalue weighted by Crippen LogP contribution is 2.16. The lowest BCUT2D eigenvalue weighted by Crippen LogP contribution is -2.08. The van der Waals surface area contributed by atoms with Gasteiger partial charge in [0, 0.05) is 13.0 Å². The standard InChI is InChI=1S/C12H14N4O3/c1-3-19-11-6-4-5-10(14-11)8-15-9(2)13-7-12(15)16(17)18/h4-7H,3,8H2,1-2H3. The van der Waals surface area contributed by atoms with E-state index in [0.29, 0.717) is 30.5 Å². The molecule has 0 aliphatic rings. The molecule has 0 unspecified atom stereocenters. The van der Waals surface area contributed by atoms with Crippen LogP contribution in [-0.2, 0) is 6.54 Å². The molecule has 0 aromatic carbocycles. The van der Waals surface area contributed by atoms with Crippen LogP contribution >= 0.6 is 0 Å². The van der Waals surface area contributed by atoms with Crippen LogP contribution in [0.1, 0.15) is 18.4 Å². The van der Waals surface area contributed by atoms with Crippen LogP contribution < -0.4 is 4.74 Å². The van der Waals surface area contributed by atoms with Crippen LogP contribution in [-0.4, -0.2) is 26.1 Å². The number of imidazole rings is 1. The minimum atomic E-state index is -0.452. The van der Waals surface area contributed by atoms with Crippen LogP contribution in [0.4, 0.5) is 5.82 Å². The Morgan fingerprint density at radius 1 is 1.47 bits per heavy atom. The number of aryl methyl sites for hydroxylation is 1. The van der Waals surface area contributed by atoms with Crippen molar-refractivity contribution in [2.24, 2.45) is 0 Å². The zero-order valence-electron chi connectivity index (χ0n) is 10.7. The van der Waals surface area contributed by atoms with Gasteiger partial charge in [-0.15, -0.1) is 0 Å². The van der Waals surface area contributed by atoms with Gasteiger partial charge in [0.2, 0.25) is 5.88 Å². The third-order valence-electron chi connectivity index (χ3n) is 2.61. The summed E-state index contributed by atoms with van der Waals surface area (Å²) in [7, 11) is 0. The van der Waals surface area contributed by atoms with E-state index in [1.807, 2.05) is 13.0 Å². The van der Waals surface area contributed by atoms with Crippen LogP contribution in [0.3, 0.4) is 0 Å². The summed E-state index contributed by atoms with van der Waals surface area (Å²) in [5.41, 5.74) is 0.690. The minimum Gasteiger partial charge on any atom is -0.478 e. The Hall–Kier alpha value is -2.44. The molecule has 0 bridgehead atoms. The number of nitro groups is 1. The summed E-state index contributed by atoms with van der Waals surface area (Å²) in [6, 6.07) is 5.36. The predicted octanol–water partition coefficient (Wildman–Crippen LogP) is 1.94. The van der Waals surface area contributed by atoms with E-state index >= 15 is 0 Å². The fourth-order valence-corrected chi connectivity index (χ4v) is 1.73. The van der Waals surface area contributed by atoms with Crippen molar-refractivity contribution in [1.82, 2.24) is 14.5 Å². The predicted molar refractivity (Wildman–Crippen MR) is 68.1 cm³/mol. The minimum absolute atomic E-state index is 0.0406. The molecule has 2 aromatic rings. The molecule has 0 aliphatic heterocycles. The number of ether oxygens (including phenoxy) is 1. The maximum Gasteiger partial charge on any atom is 0.343 e. The highest BCUT2D eigenvalue weighted by molar-refractivity contribution is 5.22. The van der Waals surface area contributed by atoms with Crippen molar-refractivity contribution in [2.75, 3.05) is 6.61 Å². The van der Waals surface area contributed by atoms with E-state index in [2.05, 4.69) is 9.97 Å². The Morgan fingerprint density at radius 2 is 2.26 bits per heavy atom. The summed E-state index contributed by atoms with van der Waals surface area (Å²) in [5.74, 6) is 1.05. The first-order chi connectivity index (χ1) is 9.11. The fourth-order valence-electron chi connectivity index (χ4n) is 1.73. The average Bonchev–Trinajstić information content (AvgIpc) is 2.72. The third-order valence-corrected chi connectivity index (χ3v) is 2.61. The van der Waals surface area contributed by atoms with E-state index in [1.54, 1.807) is 19.1 Å². The lowest BCUT2D eigenvalue weighted by Gasteiger charge is -2.05. The number of pyridine rings is 1. The molecule has 0 aliphatic carbocycles.